The van der Waals surface area contributed by atoms with E-state index in [9.17, 15) is 14.9 Å². The van der Waals surface area contributed by atoms with Gasteiger partial charge in [-0.1, -0.05) is 0 Å². The summed E-state index contributed by atoms with van der Waals surface area (Å²) in [6.45, 7) is 1.68. The first-order valence-corrected chi connectivity index (χ1v) is 6.38. The molecule has 1 fully saturated rings. The third-order valence-electron chi connectivity index (χ3n) is 3.25. The second-order valence-electron chi connectivity index (χ2n) is 4.81. The van der Waals surface area contributed by atoms with Crippen LogP contribution in [0.4, 0.5) is 17.3 Å². The number of nitro groups is 1. The summed E-state index contributed by atoms with van der Waals surface area (Å²) in [4.78, 5) is 29.7. The third kappa shape index (κ3) is 3.14. The second-order valence-corrected chi connectivity index (χ2v) is 4.81. The molecule has 0 radical (unpaired) electrons. The molecule has 2 heterocycles. The van der Waals surface area contributed by atoms with E-state index in [1.807, 2.05) is 0 Å². The Balaban J connectivity index is 2.10. The van der Waals surface area contributed by atoms with Crippen LogP contribution in [0.25, 0.3) is 0 Å². The van der Waals surface area contributed by atoms with E-state index in [2.05, 4.69) is 4.98 Å². The van der Waals surface area contributed by atoms with Crippen LogP contribution in [-0.2, 0) is 4.79 Å². The zero-order valence-electron chi connectivity index (χ0n) is 11.3. The Kier molecular flexibility index (Phi) is 4.02. The Bertz CT molecular complexity index is 528. The fourth-order valence-corrected chi connectivity index (χ4v) is 2.17. The average molecular weight is 279 g/mol. The van der Waals surface area contributed by atoms with Crippen molar-refractivity contribution in [1.29, 1.82) is 0 Å². The molecule has 2 rings (SSSR count). The number of nitrogens with two attached hydrogens (primary N) is 1. The van der Waals surface area contributed by atoms with E-state index in [1.165, 1.54) is 12.1 Å². The van der Waals surface area contributed by atoms with Crippen molar-refractivity contribution in [1.82, 2.24) is 9.88 Å². The first kappa shape index (κ1) is 14.0. The number of pyridine rings is 1. The van der Waals surface area contributed by atoms with Crippen LogP contribution in [0.15, 0.2) is 12.1 Å². The highest BCUT2D eigenvalue weighted by molar-refractivity contribution is 5.81. The lowest BCUT2D eigenvalue weighted by Gasteiger charge is -2.22. The fraction of sp³-hybridized carbons (Fsp3) is 0.500. The zero-order valence-corrected chi connectivity index (χ0v) is 11.3. The number of nitrogen functional groups attached to an aromatic ring is 1. The third-order valence-corrected chi connectivity index (χ3v) is 3.25. The summed E-state index contributed by atoms with van der Waals surface area (Å²) in [5.41, 5.74) is 5.42. The van der Waals surface area contributed by atoms with Crippen LogP contribution in [0, 0.1) is 10.1 Å². The van der Waals surface area contributed by atoms with Gasteiger partial charge in [-0.3, -0.25) is 14.9 Å². The number of likely N-dealkylation sites (tertiary alicyclic amines) is 1. The van der Waals surface area contributed by atoms with Crippen LogP contribution in [0.3, 0.4) is 0 Å². The van der Waals surface area contributed by atoms with Crippen LogP contribution in [0.5, 0.6) is 0 Å². The first-order chi connectivity index (χ1) is 9.47. The Morgan fingerprint density at radius 1 is 1.50 bits per heavy atom. The van der Waals surface area contributed by atoms with Gasteiger partial charge < -0.3 is 15.5 Å². The van der Waals surface area contributed by atoms with Gasteiger partial charge in [0, 0.05) is 20.1 Å². The molecule has 0 bridgehead atoms. The number of nitrogens with zero attached hydrogens (tertiary/aromatic N) is 4. The van der Waals surface area contributed by atoms with Gasteiger partial charge in [0.2, 0.25) is 5.91 Å². The molecule has 20 heavy (non-hydrogen) atoms. The number of likely N-dealkylation sites (N-methyl/N-ethyl adjacent to an activating group) is 1. The Morgan fingerprint density at radius 3 is 2.75 bits per heavy atom. The molecule has 108 valence electrons. The second kappa shape index (κ2) is 5.72. The van der Waals surface area contributed by atoms with Crippen LogP contribution < -0.4 is 10.6 Å². The lowest BCUT2D eigenvalue weighted by Crippen LogP contribution is -2.37. The maximum atomic E-state index is 12.0. The lowest BCUT2D eigenvalue weighted by atomic mass is 10.3. The standard InChI is InChI=1S/C12H17N5O3/c1-15(8-12(18)16-4-2-3-5-16)11-7-9(17(19)20)6-10(13)14-11/h6-7H,2-5,8H2,1H3,(H2,13,14). The maximum Gasteiger partial charge on any atom is 0.276 e. The molecule has 0 unspecified atom stereocenters. The molecule has 1 aliphatic heterocycles. The Morgan fingerprint density at radius 2 is 2.15 bits per heavy atom. The van der Waals surface area contributed by atoms with Gasteiger partial charge in [0.25, 0.3) is 5.69 Å². The SMILES string of the molecule is CN(CC(=O)N1CCCC1)c1cc([N+](=O)[O-])cc(N)n1. The van der Waals surface area contributed by atoms with E-state index < -0.39 is 4.92 Å². The molecule has 1 aliphatic rings. The lowest BCUT2D eigenvalue weighted by molar-refractivity contribution is -0.384. The highest BCUT2D eigenvalue weighted by atomic mass is 16.6. The highest BCUT2D eigenvalue weighted by Gasteiger charge is 2.20. The molecule has 1 aromatic rings. The van der Waals surface area contributed by atoms with Crippen molar-refractivity contribution in [3.05, 3.63) is 22.2 Å². The molecule has 0 spiro atoms. The number of carbonyl (C=O) groups excluding carboxylic acids is 1. The van der Waals surface area contributed by atoms with Crippen molar-refractivity contribution in [2.24, 2.45) is 0 Å². The van der Waals surface area contributed by atoms with Crippen molar-refractivity contribution >= 4 is 23.2 Å². The average Bonchev–Trinajstić information content (AvgIpc) is 2.91. The molecule has 8 nitrogen and oxygen atoms in total. The minimum absolute atomic E-state index is 0.00289. The fourth-order valence-electron chi connectivity index (χ4n) is 2.17. The van der Waals surface area contributed by atoms with Gasteiger partial charge in [0.05, 0.1) is 23.6 Å². The van der Waals surface area contributed by atoms with Crippen molar-refractivity contribution in [2.75, 3.05) is 37.3 Å². The molecule has 8 heteroatoms. The predicted octanol–water partition coefficient (Wildman–Crippen LogP) is 0.631. The van der Waals surface area contributed by atoms with Gasteiger partial charge in [-0.05, 0) is 12.8 Å². The van der Waals surface area contributed by atoms with Gasteiger partial charge in [-0.15, -0.1) is 0 Å². The summed E-state index contributed by atoms with van der Waals surface area (Å²) in [6.07, 6.45) is 2.05. The van der Waals surface area contributed by atoms with Crippen molar-refractivity contribution in [2.45, 2.75) is 12.8 Å². The van der Waals surface area contributed by atoms with Gasteiger partial charge in [0.15, 0.2) is 0 Å². The van der Waals surface area contributed by atoms with Gasteiger partial charge in [-0.2, -0.15) is 0 Å². The summed E-state index contributed by atoms with van der Waals surface area (Å²) < 4.78 is 0. The van der Waals surface area contributed by atoms with E-state index in [0.717, 1.165) is 25.9 Å². The number of hydrogen-bond donors (Lipinski definition) is 1. The molecule has 1 saturated heterocycles. The van der Waals surface area contributed by atoms with Crippen molar-refractivity contribution < 1.29 is 9.72 Å². The number of rotatable bonds is 4. The molecule has 1 amide bonds. The van der Waals surface area contributed by atoms with Crippen molar-refractivity contribution in [3.63, 3.8) is 0 Å². The number of aromatic nitrogens is 1. The smallest absolute Gasteiger partial charge is 0.276 e. The molecule has 0 saturated carbocycles. The predicted molar refractivity (Wildman–Crippen MR) is 74.4 cm³/mol. The molecular weight excluding hydrogens is 262 g/mol. The molecular formula is C12H17N5O3. The Labute approximate surface area is 116 Å². The van der Waals surface area contributed by atoms with Gasteiger partial charge >= 0.3 is 0 Å². The minimum Gasteiger partial charge on any atom is -0.383 e. The molecule has 0 aromatic carbocycles. The summed E-state index contributed by atoms with van der Waals surface area (Å²) in [7, 11) is 1.67. The summed E-state index contributed by atoms with van der Waals surface area (Å²) in [6, 6.07) is 2.51. The normalized spacial score (nSPS) is 14.3. The molecule has 1 aromatic heterocycles. The van der Waals surface area contributed by atoms with Gasteiger partial charge in [-0.25, -0.2) is 4.98 Å². The largest absolute Gasteiger partial charge is 0.383 e. The highest BCUT2D eigenvalue weighted by Crippen LogP contribution is 2.21. The van der Waals surface area contributed by atoms with Crippen molar-refractivity contribution in [3.8, 4) is 0 Å². The number of amides is 1. The quantitative estimate of drug-likeness (QED) is 0.640. The summed E-state index contributed by atoms with van der Waals surface area (Å²) in [5.74, 6) is 0.385. The summed E-state index contributed by atoms with van der Waals surface area (Å²) in [5, 5.41) is 10.8. The number of carbonyl (C=O) groups is 1. The molecule has 0 atom stereocenters. The monoisotopic (exact) mass is 279 g/mol. The number of hydrogen-bond acceptors (Lipinski definition) is 6. The first-order valence-electron chi connectivity index (χ1n) is 6.38. The molecule has 2 N–H and O–H groups in total. The van der Waals surface area contributed by atoms with E-state index in [4.69, 9.17) is 5.73 Å². The van der Waals surface area contributed by atoms with Gasteiger partial charge in [0.1, 0.15) is 11.6 Å². The topological polar surface area (TPSA) is 106 Å². The minimum atomic E-state index is -0.530. The Hall–Kier alpha value is -2.38. The van der Waals surface area contributed by atoms with Crippen LogP contribution in [0.1, 0.15) is 12.8 Å². The van der Waals surface area contributed by atoms with E-state index in [1.54, 1.807) is 16.8 Å². The van der Waals surface area contributed by atoms with Crippen LogP contribution in [0.2, 0.25) is 0 Å². The number of anilines is 2. The van der Waals surface area contributed by atoms with Crippen LogP contribution in [-0.4, -0.2) is 47.4 Å². The summed E-state index contributed by atoms with van der Waals surface area (Å²) >= 11 is 0. The van der Waals surface area contributed by atoms with E-state index in [-0.39, 0.29) is 24.0 Å². The van der Waals surface area contributed by atoms with E-state index in [0.29, 0.717) is 5.82 Å². The van der Waals surface area contributed by atoms with Crippen LogP contribution >= 0.6 is 0 Å². The molecule has 0 aliphatic carbocycles. The van der Waals surface area contributed by atoms with E-state index >= 15 is 0 Å². The zero-order chi connectivity index (χ0) is 14.7. The maximum absolute atomic E-state index is 12.0.